The van der Waals surface area contributed by atoms with Gasteiger partial charge in [-0.05, 0) is 56.2 Å². The molecular weight excluding hydrogens is 272 g/mol. The van der Waals surface area contributed by atoms with Crippen molar-refractivity contribution in [2.24, 2.45) is 0 Å². The second-order valence-electron chi connectivity index (χ2n) is 5.65. The summed E-state index contributed by atoms with van der Waals surface area (Å²) in [6, 6.07) is 18.3. The van der Waals surface area contributed by atoms with E-state index in [1.54, 1.807) is 0 Å². The zero-order chi connectivity index (χ0) is 15.9. The Labute approximate surface area is 132 Å². The molecule has 0 saturated carbocycles. The van der Waals surface area contributed by atoms with Crippen LogP contribution in [0.1, 0.15) is 43.5 Å². The van der Waals surface area contributed by atoms with E-state index in [9.17, 15) is 0 Å². The Morgan fingerprint density at radius 2 is 1.82 bits per heavy atom. The first-order chi connectivity index (χ1) is 10.6. The van der Waals surface area contributed by atoms with Gasteiger partial charge in [0.1, 0.15) is 5.75 Å². The number of rotatable bonds is 6. The van der Waals surface area contributed by atoms with E-state index in [-0.39, 0.29) is 12.1 Å². The van der Waals surface area contributed by atoms with Crippen molar-refractivity contribution in [3.63, 3.8) is 0 Å². The predicted molar refractivity (Wildman–Crippen MR) is 88.6 cm³/mol. The Balaban J connectivity index is 1.94. The van der Waals surface area contributed by atoms with Gasteiger partial charge in [0, 0.05) is 12.6 Å². The molecule has 0 saturated heterocycles. The van der Waals surface area contributed by atoms with Crippen molar-refractivity contribution < 1.29 is 4.74 Å². The summed E-state index contributed by atoms with van der Waals surface area (Å²) in [4.78, 5) is 0. The summed E-state index contributed by atoms with van der Waals surface area (Å²) >= 11 is 0. The summed E-state index contributed by atoms with van der Waals surface area (Å²) in [6.45, 7) is 6.91. The second-order valence-corrected chi connectivity index (χ2v) is 5.65. The molecule has 0 bridgehead atoms. The van der Waals surface area contributed by atoms with Crippen molar-refractivity contribution in [3.05, 3.63) is 65.2 Å². The van der Waals surface area contributed by atoms with Crippen LogP contribution in [0.5, 0.6) is 5.75 Å². The summed E-state index contributed by atoms with van der Waals surface area (Å²) in [7, 11) is 0. The Hall–Kier alpha value is -2.31. The third-order valence-electron chi connectivity index (χ3n) is 3.42. The standard InChI is InChI=1S/C19H22N2O/c1-14(2)22-19-9-7-18(8-10-19)15(3)21-13-17-6-4-5-16(11-17)12-20/h4-11,14-15,21H,13H2,1-3H3. The number of ether oxygens (including phenoxy) is 1. The van der Waals surface area contributed by atoms with Crippen molar-refractivity contribution >= 4 is 0 Å². The van der Waals surface area contributed by atoms with Crippen molar-refractivity contribution in [2.45, 2.75) is 39.5 Å². The Kier molecular flexibility index (Phi) is 5.57. The molecule has 0 aliphatic heterocycles. The normalized spacial score (nSPS) is 12.0. The van der Waals surface area contributed by atoms with Gasteiger partial charge in [0.05, 0.1) is 17.7 Å². The molecule has 0 amide bonds. The zero-order valence-electron chi connectivity index (χ0n) is 13.3. The second kappa shape index (κ2) is 7.63. The van der Waals surface area contributed by atoms with Crippen LogP contribution in [0.2, 0.25) is 0 Å². The fraction of sp³-hybridized carbons (Fsp3) is 0.316. The Bertz CT molecular complexity index is 641. The molecule has 1 unspecified atom stereocenters. The minimum Gasteiger partial charge on any atom is -0.491 e. The fourth-order valence-electron chi connectivity index (χ4n) is 2.25. The maximum Gasteiger partial charge on any atom is 0.119 e. The fourth-order valence-corrected chi connectivity index (χ4v) is 2.25. The van der Waals surface area contributed by atoms with E-state index in [4.69, 9.17) is 10.00 Å². The van der Waals surface area contributed by atoms with E-state index in [1.165, 1.54) is 5.56 Å². The molecule has 22 heavy (non-hydrogen) atoms. The van der Waals surface area contributed by atoms with E-state index >= 15 is 0 Å². The molecule has 1 N–H and O–H groups in total. The van der Waals surface area contributed by atoms with E-state index < -0.39 is 0 Å². The maximum absolute atomic E-state index is 8.92. The molecule has 0 spiro atoms. The molecule has 2 aromatic carbocycles. The lowest BCUT2D eigenvalue weighted by atomic mass is 10.1. The van der Waals surface area contributed by atoms with Gasteiger partial charge in [-0.1, -0.05) is 24.3 Å². The Morgan fingerprint density at radius 3 is 2.45 bits per heavy atom. The highest BCUT2D eigenvalue weighted by Crippen LogP contribution is 2.19. The van der Waals surface area contributed by atoms with Gasteiger partial charge in [0.2, 0.25) is 0 Å². The highest BCUT2D eigenvalue weighted by atomic mass is 16.5. The van der Waals surface area contributed by atoms with Gasteiger partial charge in [-0.3, -0.25) is 0 Å². The summed E-state index contributed by atoms with van der Waals surface area (Å²) in [6.07, 6.45) is 0.189. The molecule has 0 radical (unpaired) electrons. The SMILES string of the molecule is CC(C)Oc1ccc(C(C)NCc2cccc(C#N)c2)cc1. The monoisotopic (exact) mass is 294 g/mol. The summed E-state index contributed by atoms with van der Waals surface area (Å²) in [5, 5.41) is 12.4. The third-order valence-corrected chi connectivity index (χ3v) is 3.42. The van der Waals surface area contributed by atoms with Crippen LogP contribution in [0.4, 0.5) is 0 Å². The Morgan fingerprint density at radius 1 is 1.09 bits per heavy atom. The molecule has 3 nitrogen and oxygen atoms in total. The predicted octanol–water partition coefficient (Wildman–Crippen LogP) is 4.20. The lowest BCUT2D eigenvalue weighted by molar-refractivity contribution is 0.242. The lowest BCUT2D eigenvalue weighted by Crippen LogP contribution is -2.18. The van der Waals surface area contributed by atoms with Gasteiger partial charge in [0.15, 0.2) is 0 Å². The summed E-state index contributed by atoms with van der Waals surface area (Å²) in [5.41, 5.74) is 3.03. The van der Waals surface area contributed by atoms with Crippen LogP contribution in [-0.2, 0) is 6.54 Å². The number of benzene rings is 2. The molecular formula is C19H22N2O. The van der Waals surface area contributed by atoms with E-state index in [0.717, 1.165) is 17.9 Å². The van der Waals surface area contributed by atoms with Crippen LogP contribution in [0.15, 0.2) is 48.5 Å². The average Bonchev–Trinajstić information content (AvgIpc) is 2.53. The van der Waals surface area contributed by atoms with Gasteiger partial charge in [0.25, 0.3) is 0 Å². The van der Waals surface area contributed by atoms with E-state index in [1.807, 2.05) is 50.2 Å². The number of hydrogen-bond acceptors (Lipinski definition) is 3. The van der Waals surface area contributed by atoms with Crippen LogP contribution in [0.3, 0.4) is 0 Å². The van der Waals surface area contributed by atoms with Gasteiger partial charge >= 0.3 is 0 Å². The quantitative estimate of drug-likeness (QED) is 0.868. The zero-order valence-corrected chi connectivity index (χ0v) is 13.3. The first-order valence-electron chi connectivity index (χ1n) is 7.57. The molecule has 3 heteroatoms. The summed E-state index contributed by atoms with van der Waals surface area (Å²) in [5.74, 6) is 0.896. The molecule has 2 rings (SSSR count). The van der Waals surface area contributed by atoms with E-state index in [2.05, 4.69) is 30.4 Å². The van der Waals surface area contributed by atoms with Crippen molar-refractivity contribution in [2.75, 3.05) is 0 Å². The van der Waals surface area contributed by atoms with E-state index in [0.29, 0.717) is 5.56 Å². The summed E-state index contributed by atoms with van der Waals surface area (Å²) < 4.78 is 5.65. The van der Waals surface area contributed by atoms with Crippen LogP contribution in [-0.4, -0.2) is 6.10 Å². The molecule has 1 atom stereocenters. The van der Waals surface area contributed by atoms with Crippen molar-refractivity contribution in [1.82, 2.24) is 5.32 Å². The van der Waals surface area contributed by atoms with Crippen molar-refractivity contribution in [3.8, 4) is 11.8 Å². The number of nitrogens with one attached hydrogen (secondary N) is 1. The highest BCUT2D eigenvalue weighted by molar-refractivity contribution is 5.33. The van der Waals surface area contributed by atoms with Crippen molar-refractivity contribution in [1.29, 1.82) is 5.26 Å². The maximum atomic E-state index is 8.92. The molecule has 2 aromatic rings. The van der Waals surface area contributed by atoms with Crippen LogP contribution < -0.4 is 10.1 Å². The smallest absolute Gasteiger partial charge is 0.119 e. The number of nitrogens with zero attached hydrogens (tertiary/aromatic N) is 1. The van der Waals surface area contributed by atoms with Gasteiger partial charge < -0.3 is 10.1 Å². The minimum absolute atomic E-state index is 0.189. The average molecular weight is 294 g/mol. The van der Waals surface area contributed by atoms with Gasteiger partial charge in [-0.2, -0.15) is 5.26 Å². The van der Waals surface area contributed by atoms with Crippen LogP contribution in [0, 0.1) is 11.3 Å². The molecule has 0 aromatic heterocycles. The molecule has 0 heterocycles. The first kappa shape index (κ1) is 16.1. The van der Waals surface area contributed by atoms with Gasteiger partial charge in [-0.15, -0.1) is 0 Å². The van der Waals surface area contributed by atoms with Gasteiger partial charge in [-0.25, -0.2) is 0 Å². The molecule has 0 aliphatic carbocycles. The molecule has 0 aliphatic rings. The highest BCUT2D eigenvalue weighted by Gasteiger charge is 2.06. The van der Waals surface area contributed by atoms with Crippen LogP contribution >= 0.6 is 0 Å². The largest absolute Gasteiger partial charge is 0.491 e. The molecule has 0 fully saturated rings. The number of nitriles is 1. The third kappa shape index (κ3) is 4.61. The van der Waals surface area contributed by atoms with Crippen LogP contribution in [0.25, 0.3) is 0 Å². The lowest BCUT2D eigenvalue weighted by Gasteiger charge is -2.16. The molecule has 114 valence electrons. The minimum atomic E-state index is 0.189. The number of hydrogen-bond donors (Lipinski definition) is 1. The first-order valence-corrected chi connectivity index (χ1v) is 7.57. The topological polar surface area (TPSA) is 45.0 Å².